The summed E-state index contributed by atoms with van der Waals surface area (Å²) >= 11 is 0. The molecule has 19 heavy (non-hydrogen) atoms. The predicted molar refractivity (Wildman–Crippen MR) is 79.5 cm³/mol. The SMILES string of the molecule is Cc1cc(C)c2cc3c(cc2n1)Cc1ccccc1-3. The maximum atomic E-state index is 4.68. The monoisotopic (exact) mass is 245 g/mol. The van der Waals surface area contributed by atoms with Gasteiger partial charge in [0.15, 0.2) is 0 Å². The number of rotatable bonds is 0. The molecule has 0 aliphatic heterocycles. The van der Waals surface area contributed by atoms with Crippen LogP contribution >= 0.6 is 0 Å². The van der Waals surface area contributed by atoms with Gasteiger partial charge in [0.2, 0.25) is 0 Å². The molecule has 1 aromatic heterocycles. The molecule has 92 valence electrons. The summed E-state index contributed by atoms with van der Waals surface area (Å²) in [6.45, 7) is 4.23. The van der Waals surface area contributed by atoms with Gasteiger partial charge in [-0.2, -0.15) is 0 Å². The van der Waals surface area contributed by atoms with Crippen molar-refractivity contribution in [3.8, 4) is 11.1 Å². The van der Waals surface area contributed by atoms with Gasteiger partial charge < -0.3 is 0 Å². The quantitative estimate of drug-likeness (QED) is 0.447. The number of fused-ring (bicyclic) bond motifs is 4. The van der Waals surface area contributed by atoms with Crippen molar-refractivity contribution in [2.75, 3.05) is 0 Å². The van der Waals surface area contributed by atoms with Gasteiger partial charge in [0.05, 0.1) is 5.52 Å². The Morgan fingerprint density at radius 3 is 2.63 bits per heavy atom. The van der Waals surface area contributed by atoms with E-state index < -0.39 is 0 Å². The molecule has 0 amide bonds. The van der Waals surface area contributed by atoms with Crippen molar-refractivity contribution in [3.63, 3.8) is 0 Å². The molecular weight excluding hydrogens is 230 g/mol. The van der Waals surface area contributed by atoms with Crippen molar-refractivity contribution < 1.29 is 0 Å². The minimum absolute atomic E-state index is 1.04. The Bertz CT molecular complexity index is 815. The molecule has 2 aromatic carbocycles. The van der Waals surface area contributed by atoms with Crippen LogP contribution in [0.25, 0.3) is 22.0 Å². The Balaban J connectivity index is 2.07. The number of aromatic nitrogens is 1. The van der Waals surface area contributed by atoms with Crippen LogP contribution in [0.1, 0.15) is 22.4 Å². The highest BCUT2D eigenvalue weighted by atomic mass is 14.7. The van der Waals surface area contributed by atoms with Crippen molar-refractivity contribution >= 4 is 10.9 Å². The fraction of sp³-hybridized carbons (Fsp3) is 0.167. The van der Waals surface area contributed by atoms with Gasteiger partial charge in [0.1, 0.15) is 0 Å². The maximum absolute atomic E-state index is 4.68. The third-order valence-electron chi connectivity index (χ3n) is 4.06. The van der Waals surface area contributed by atoms with Crippen molar-refractivity contribution in [2.45, 2.75) is 20.3 Å². The molecule has 0 unspecified atom stereocenters. The summed E-state index contributed by atoms with van der Waals surface area (Å²) in [6, 6.07) is 15.4. The normalized spacial score (nSPS) is 12.5. The van der Waals surface area contributed by atoms with Crippen molar-refractivity contribution in [1.82, 2.24) is 4.98 Å². The summed E-state index contributed by atoms with van der Waals surface area (Å²) in [7, 11) is 0. The number of hydrogen-bond donors (Lipinski definition) is 0. The van der Waals surface area contributed by atoms with Crippen LogP contribution in [0.4, 0.5) is 0 Å². The van der Waals surface area contributed by atoms with E-state index in [4.69, 9.17) is 0 Å². The van der Waals surface area contributed by atoms with Crippen LogP contribution in [-0.4, -0.2) is 4.98 Å². The van der Waals surface area contributed by atoms with Crippen LogP contribution < -0.4 is 0 Å². The molecule has 1 nitrogen and oxygen atoms in total. The van der Waals surface area contributed by atoms with Gasteiger partial charge in [-0.05, 0) is 66.3 Å². The molecule has 0 fully saturated rings. The molecule has 1 aliphatic carbocycles. The fourth-order valence-corrected chi connectivity index (χ4v) is 3.19. The van der Waals surface area contributed by atoms with Crippen LogP contribution in [0.15, 0.2) is 42.5 Å². The maximum Gasteiger partial charge on any atom is 0.0711 e. The molecule has 0 saturated heterocycles. The molecule has 1 aliphatic rings. The minimum atomic E-state index is 1.04. The molecule has 0 saturated carbocycles. The van der Waals surface area contributed by atoms with E-state index >= 15 is 0 Å². The Labute approximate surface area is 112 Å². The Morgan fingerprint density at radius 2 is 1.74 bits per heavy atom. The van der Waals surface area contributed by atoms with E-state index in [2.05, 4.69) is 61.3 Å². The predicted octanol–water partition coefficient (Wildman–Crippen LogP) is 4.42. The van der Waals surface area contributed by atoms with Gasteiger partial charge in [0.25, 0.3) is 0 Å². The number of pyridine rings is 1. The summed E-state index contributed by atoms with van der Waals surface area (Å²) in [5.41, 5.74) is 9.16. The highest BCUT2D eigenvalue weighted by Gasteiger charge is 2.19. The molecule has 0 spiro atoms. The average Bonchev–Trinajstić information content (AvgIpc) is 2.74. The summed E-state index contributed by atoms with van der Waals surface area (Å²) in [4.78, 5) is 4.68. The second kappa shape index (κ2) is 3.67. The largest absolute Gasteiger partial charge is 0.253 e. The van der Waals surface area contributed by atoms with Crippen molar-refractivity contribution in [1.29, 1.82) is 0 Å². The van der Waals surface area contributed by atoms with Gasteiger partial charge in [-0.15, -0.1) is 0 Å². The first kappa shape index (κ1) is 10.7. The van der Waals surface area contributed by atoms with Crippen LogP contribution in [0.2, 0.25) is 0 Å². The zero-order valence-corrected chi connectivity index (χ0v) is 11.2. The van der Waals surface area contributed by atoms with E-state index in [1.807, 2.05) is 0 Å². The third kappa shape index (κ3) is 1.51. The molecular formula is C18H15N. The van der Waals surface area contributed by atoms with Crippen LogP contribution in [0, 0.1) is 13.8 Å². The zero-order valence-electron chi connectivity index (χ0n) is 11.2. The van der Waals surface area contributed by atoms with Crippen LogP contribution in [0.5, 0.6) is 0 Å². The molecule has 0 N–H and O–H groups in total. The Kier molecular flexibility index (Phi) is 2.08. The van der Waals surface area contributed by atoms with Crippen LogP contribution in [-0.2, 0) is 6.42 Å². The van der Waals surface area contributed by atoms with E-state index in [0.29, 0.717) is 0 Å². The number of nitrogens with zero attached hydrogens (tertiary/aromatic N) is 1. The summed E-state index contributed by atoms with van der Waals surface area (Å²) in [5, 5.41) is 1.28. The lowest BCUT2D eigenvalue weighted by atomic mass is 10.0. The first-order chi connectivity index (χ1) is 9.22. The Hall–Kier alpha value is -2.15. The lowest BCUT2D eigenvalue weighted by molar-refractivity contribution is 1.22. The fourth-order valence-electron chi connectivity index (χ4n) is 3.19. The van der Waals surface area contributed by atoms with Crippen molar-refractivity contribution in [2.24, 2.45) is 0 Å². The zero-order chi connectivity index (χ0) is 13.0. The first-order valence-electron chi connectivity index (χ1n) is 6.71. The van der Waals surface area contributed by atoms with Gasteiger partial charge in [-0.1, -0.05) is 24.3 Å². The third-order valence-corrected chi connectivity index (χ3v) is 4.06. The minimum Gasteiger partial charge on any atom is -0.253 e. The molecule has 3 aromatic rings. The molecule has 0 bridgehead atoms. The molecule has 4 rings (SSSR count). The van der Waals surface area contributed by atoms with E-state index in [1.165, 1.54) is 33.2 Å². The van der Waals surface area contributed by atoms with E-state index in [1.54, 1.807) is 0 Å². The van der Waals surface area contributed by atoms with Gasteiger partial charge in [-0.3, -0.25) is 4.98 Å². The molecule has 0 radical (unpaired) electrons. The van der Waals surface area contributed by atoms with Crippen molar-refractivity contribution in [3.05, 3.63) is 64.8 Å². The summed E-state index contributed by atoms with van der Waals surface area (Å²) in [5.74, 6) is 0. The molecule has 1 heterocycles. The highest BCUT2D eigenvalue weighted by Crippen LogP contribution is 2.38. The Morgan fingerprint density at radius 1 is 0.895 bits per heavy atom. The average molecular weight is 245 g/mol. The van der Waals surface area contributed by atoms with E-state index in [0.717, 1.165) is 17.6 Å². The first-order valence-corrected chi connectivity index (χ1v) is 6.71. The van der Waals surface area contributed by atoms with Gasteiger partial charge >= 0.3 is 0 Å². The summed E-state index contributed by atoms with van der Waals surface area (Å²) < 4.78 is 0. The number of hydrogen-bond acceptors (Lipinski definition) is 1. The van der Waals surface area contributed by atoms with Crippen LogP contribution in [0.3, 0.4) is 0 Å². The topological polar surface area (TPSA) is 12.9 Å². The number of benzene rings is 2. The lowest BCUT2D eigenvalue weighted by Gasteiger charge is -2.07. The van der Waals surface area contributed by atoms with E-state index in [-0.39, 0.29) is 0 Å². The van der Waals surface area contributed by atoms with Gasteiger partial charge in [-0.25, -0.2) is 0 Å². The van der Waals surface area contributed by atoms with E-state index in [9.17, 15) is 0 Å². The molecule has 0 atom stereocenters. The second-order valence-corrected chi connectivity index (χ2v) is 5.44. The summed E-state index contributed by atoms with van der Waals surface area (Å²) in [6.07, 6.45) is 1.04. The molecule has 1 heteroatoms. The number of aryl methyl sites for hydroxylation is 2. The highest BCUT2D eigenvalue weighted by molar-refractivity contribution is 5.91. The standard InChI is InChI=1S/C18H15N/c1-11-7-12(2)19-18-9-14-8-13-5-3-4-6-15(13)17(14)10-16(11)18/h3-7,9-10H,8H2,1-2H3. The smallest absolute Gasteiger partial charge is 0.0711 e. The lowest BCUT2D eigenvalue weighted by Crippen LogP contribution is -1.90. The second-order valence-electron chi connectivity index (χ2n) is 5.44. The van der Waals surface area contributed by atoms with Gasteiger partial charge in [0, 0.05) is 11.1 Å².